The van der Waals surface area contributed by atoms with Crippen LogP contribution in [0.1, 0.15) is 28.8 Å². The molecule has 7 rings (SSSR count). The van der Waals surface area contributed by atoms with Crippen LogP contribution in [-0.4, -0.2) is 58.4 Å². The van der Waals surface area contributed by atoms with Gasteiger partial charge in [-0.15, -0.1) is 0 Å². The van der Waals surface area contributed by atoms with Gasteiger partial charge in [0.15, 0.2) is 5.82 Å². The van der Waals surface area contributed by atoms with Crippen LogP contribution in [0.2, 0.25) is 0 Å². The number of benzene rings is 3. The van der Waals surface area contributed by atoms with E-state index in [1.54, 1.807) is 24.1 Å². The maximum absolute atomic E-state index is 12.7. The lowest BCUT2D eigenvalue weighted by Crippen LogP contribution is -2.51. The van der Waals surface area contributed by atoms with Gasteiger partial charge in [0.1, 0.15) is 17.9 Å². The summed E-state index contributed by atoms with van der Waals surface area (Å²) in [5.74, 6) is 1.79. The van der Waals surface area contributed by atoms with Crippen molar-refractivity contribution in [1.29, 1.82) is 0 Å². The maximum Gasteiger partial charge on any atom is 0.410 e. The Morgan fingerprint density at radius 1 is 0.884 bits per heavy atom. The second kappa shape index (κ2) is 11.1. The summed E-state index contributed by atoms with van der Waals surface area (Å²) in [6.07, 6.45) is 2.16. The van der Waals surface area contributed by atoms with Crippen LogP contribution in [0.4, 0.5) is 4.79 Å². The van der Waals surface area contributed by atoms with Crippen molar-refractivity contribution in [3.05, 3.63) is 83.9 Å². The largest absolute Gasteiger partial charge is 0.494 e. The predicted molar refractivity (Wildman–Crippen MR) is 163 cm³/mol. The SMILES string of the molecule is COC(=O)c1cc(OC)c2c(c1)nc(-c1cc3ccccc3n1CC1CC1)n2CC1CN(C(=O)OCc2ccccc2)C1. The van der Waals surface area contributed by atoms with Gasteiger partial charge in [-0.3, -0.25) is 0 Å². The molecule has 220 valence electrons. The monoisotopic (exact) mass is 578 g/mol. The number of hydrogen-bond donors (Lipinski definition) is 0. The molecule has 0 unspecified atom stereocenters. The van der Waals surface area contributed by atoms with Gasteiger partial charge in [0.25, 0.3) is 0 Å². The minimum atomic E-state index is -0.442. The maximum atomic E-state index is 12.7. The molecule has 1 aliphatic heterocycles. The number of imidazole rings is 1. The van der Waals surface area contributed by atoms with E-state index in [9.17, 15) is 9.59 Å². The minimum Gasteiger partial charge on any atom is -0.494 e. The number of aromatic nitrogens is 3. The van der Waals surface area contributed by atoms with Gasteiger partial charge < -0.3 is 28.2 Å². The number of hydrogen-bond acceptors (Lipinski definition) is 6. The first-order chi connectivity index (χ1) is 21.0. The summed E-state index contributed by atoms with van der Waals surface area (Å²) >= 11 is 0. The lowest BCUT2D eigenvalue weighted by atomic mass is 10.0. The fourth-order valence-corrected chi connectivity index (χ4v) is 6.05. The molecular formula is C34H34N4O5. The molecule has 0 radical (unpaired) electrons. The zero-order valence-electron chi connectivity index (χ0n) is 24.4. The van der Waals surface area contributed by atoms with Crippen LogP contribution in [0.5, 0.6) is 5.75 Å². The van der Waals surface area contributed by atoms with Crippen molar-refractivity contribution in [2.75, 3.05) is 27.3 Å². The van der Waals surface area contributed by atoms with E-state index in [2.05, 4.69) is 39.5 Å². The highest BCUT2D eigenvalue weighted by atomic mass is 16.6. The van der Waals surface area contributed by atoms with Crippen molar-refractivity contribution in [2.24, 2.45) is 11.8 Å². The topological polar surface area (TPSA) is 87.8 Å². The van der Waals surface area contributed by atoms with Crippen LogP contribution in [0.3, 0.4) is 0 Å². The van der Waals surface area contributed by atoms with Crippen molar-refractivity contribution in [3.8, 4) is 17.3 Å². The highest BCUT2D eigenvalue weighted by Gasteiger charge is 2.34. The summed E-state index contributed by atoms with van der Waals surface area (Å²) in [6, 6.07) is 23.8. The number of carbonyl (C=O) groups is 2. The number of esters is 1. The highest BCUT2D eigenvalue weighted by molar-refractivity contribution is 5.97. The molecule has 1 saturated heterocycles. The Labute approximate surface area is 249 Å². The molecule has 1 saturated carbocycles. The number of methoxy groups -OCH3 is 2. The molecule has 5 aromatic rings. The number of ether oxygens (including phenoxy) is 3. The molecule has 43 heavy (non-hydrogen) atoms. The van der Waals surface area contributed by atoms with E-state index < -0.39 is 5.97 Å². The molecule has 2 fully saturated rings. The second-order valence-corrected chi connectivity index (χ2v) is 11.5. The number of rotatable bonds is 9. The minimum absolute atomic E-state index is 0.201. The first-order valence-corrected chi connectivity index (χ1v) is 14.7. The van der Waals surface area contributed by atoms with Gasteiger partial charge in [0.05, 0.1) is 31.0 Å². The van der Waals surface area contributed by atoms with Crippen LogP contribution in [0.15, 0.2) is 72.8 Å². The Hall–Kier alpha value is -4.79. The molecule has 1 aliphatic carbocycles. The number of likely N-dealkylation sites (tertiary alicyclic amines) is 1. The summed E-state index contributed by atoms with van der Waals surface area (Å²) < 4.78 is 21.0. The normalized spacial score (nSPS) is 15.1. The van der Waals surface area contributed by atoms with Gasteiger partial charge in [0, 0.05) is 43.0 Å². The number of nitrogens with zero attached hydrogens (tertiary/aromatic N) is 4. The third-order valence-electron chi connectivity index (χ3n) is 8.49. The summed E-state index contributed by atoms with van der Waals surface area (Å²) in [6.45, 7) is 2.98. The average molecular weight is 579 g/mol. The van der Waals surface area contributed by atoms with Crippen molar-refractivity contribution < 1.29 is 23.8 Å². The molecule has 0 spiro atoms. The summed E-state index contributed by atoms with van der Waals surface area (Å²) in [5.41, 5.74) is 5.04. The van der Waals surface area contributed by atoms with Crippen LogP contribution < -0.4 is 4.74 Å². The zero-order chi connectivity index (χ0) is 29.5. The highest BCUT2D eigenvalue weighted by Crippen LogP contribution is 2.39. The number of carbonyl (C=O) groups excluding carboxylic acids is 2. The van der Waals surface area contributed by atoms with Gasteiger partial charge in [-0.05, 0) is 48.6 Å². The van der Waals surface area contributed by atoms with Crippen LogP contribution >= 0.6 is 0 Å². The molecule has 0 atom stereocenters. The lowest BCUT2D eigenvalue weighted by Gasteiger charge is -2.38. The van der Waals surface area contributed by atoms with Gasteiger partial charge in [-0.25, -0.2) is 14.6 Å². The molecule has 2 aliphatic rings. The summed E-state index contributed by atoms with van der Waals surface area (Å²) in [5, 5.41) is 1.16. The molecule has 0 bridgehead atoms. The molecule has 1 amide bonds. The molecule has 9 heteroatoms. The first kappa shape index (κ1) is 27.1. The second-order valence-electron chi connectivity index (χ2n) is 11.5. The molecule has 3 aromatic carbocycles. The average Bonchev–Trinajstić information content (AvgIpc) is 3.67. The van der Waals surface area contributed by atoms with Crippen molar-refractivity contribution in [3.63, 3.8) is 0 Å². The quantitative estimate of drug-likeness (QED) is 0.196. The molecular weight excluding hydrogens is 544 g/mol. The Kier molecular flexibility index (Phi) is 7.01. The molecule has 0 N–H and O–H groups in total. The fraction of sp³-hybridized carbons (Fsp3) is 0.324. The van der Waals surface area contributed by atoms with E-state index in [1.165, 1.54) is 25.5 Å². The Morgan fingerprint density at radius 2 is 1.63 bits per heavy atom. The number of fused-ring (bicyclic) bond motifs is 2. The summed E-state index contributed by atoms with van der Waals surface area (Å²) in [7, 11) is 2.97. The smallest absolute Gasteiger partial charge is 0.410 e. The van der Waals surface area contributed by atoms with Gasteiger partial charge in [-0.1, -0.05) is 48.5 Å². The predicted octanol–water partition coefficient (Wildman–Crippen LogP) is 6.13. The number of amides is 1. The zero-order valence-corrected chi connectivity index (χ0v) is 24.4. The molecule has 2 aromatic heterocycles. The van der Waals surface area contributed by atoms with Gasteiger partial charge in [0.2, 0.25) is 0 Å². The third-order valence-corrected chi connectivity index (χ3v) is 8.49. The first-order valence-electron chi connectivity index (χ1n) is 14.7. The van der Waals surface area contributed by atoms with Crippen LogP contribution in [0.25, 0.3) is 33.5 Å². The molecule has 3 heterocycles. The molecule has 9 nitrogen and oxygen atoms in total. The van der Waals surface area contributed by atoms with E-state index in [0.29, 0.717) is 42.4 Å². The fourth-order valence-electron chi connectivity index (χ4n) is 6.05. The van der Waals surface area contributed by atoms with E-state index in [1.807, 2.05) is 30.3 Å². The van der Waals surface area contributed by atoms with Crippen molar-refractivity contribution in [2.45, 2.75) is 32.5 Å². The van der Waals surface area contributed by atoms with E-state index in [0.717, 1.165) is 34.5 Å². The Balaban J connectivity index is 1.24. The van der Waals surface area contributed by atoms with E-state index in [-0.39, 0.29) is 18.6 Å². The Bertz CT molecular complexity index is 1820. The standard InChI is InChI=1S/C34H34N4O5/c1-41-30-16-26(33(39)42-2)14-27-31(30)38(20-24-17-36(18-24)34(40)43-21-23-8-4-3-5-9-23)32(35-27)29-15-25-10-6-7-11-28(25)37(29)19-22-12-13-22/h3-11,14-16,22,24H,12-13,17-21H2,1-2H3. The van der Waals surface area contributed by atoms with E-state index >= 15 is 0 Å². The van der Waals surface area contributed by atoms with Crippen molar-refractivity contribution >= 4 is 34.0 Å². The van der Waals surface area contributed by atoms with Gasteiger partial charge in [-0.2, -0.15) is 0 Å². The van der Waals surface area contributed by atoms with Crippen LogP contribution in [-0.2, 0) is 29.2 Å². The Morgan fingerprint density at radius 3 is 2.37 bits per heavy atom. The lowest BCUT2D eigenvalue weighted by molar-refractivity contribution is 0.0451. The van der Waals surface area contributed by atoms with Crippen LogP contribution in [0, 0.1) is 11.8 Å². The summed E-state index contributed by atoms with van der Waals surface area (Å²) in [4.78, 5) is 32.1. The number of para-hydroxylation sites is 1. The third kappa shape index (κ3) is 5.20. The van der Waals surface area contributed by atoms with Crippen molar-refractivity contribution in [1.82, 2.24) is 19.0 Å². The van der Waals surface area contributed by atoms with Gasteiger partial charge >= 0.3 is 12.1 Å². The van der Waals surface area contributed by atoms with E-state index in [4.69, 9.17) is 19.2 Å².